The van der Waals surface area contributed by atoms with Crippen molar-refractivity contribution in [3.05, 3.63) is 11.8 Å². The number of carbonyl (C=O) groups is 2. The molecule has 1 atom stereocenters. The van der Waals surface area contributed by atoms with Gasteiger partial charge in [-0.15, -0.1) is 0 Å². The molecule has 2 aliphatic heterocycles. The summed E-state index contributed by atoms with van der Waals surface area (Å²) in [5.74, 6) is 0.988. The molecule has 1 aromatic rings. The Morgan fingerprint density at radius 2 is 2.36 bits per heavy atom. The minimum Gasteiger partial charge on any atom is -0.479 e. The average Bonchev–Trinajstić information content (AvgIpc) is 3.17. The summed E-state index contributed by atoms with van der Waals surface area (Å²) in [5, 5.41) is 3.69. The van der Waals surface area contributed by atoms with Crippen LogP contribution in [-0.4, -0.2) is 54.2 Å². The Bertz CT molecular complexity index is 562. The summed E-state index contributed by atoms with van der Waals surface area (Å²) in [5.41, 5.74) is -0.616. The molecule has 2 saturated heterocycles. The van der Waals surface area contributed by atoms with Crippen molar-refractivity contribution < 1.29 is 23.6 Å². The molecule has 3 heterocycles. The normalized spacial score (nSPS) is 25.0. The highest BCUT2D eigenvalue weighted by atomic mass is 16.5. The van der Waals surface area contributed by atoms with Crippen LogP contribution in [0.1, 0.15) is 31.4 Å². The minimum atomic E-state index is -0.616. The number of piperidine rings is 1. The van der Waals surface area contributed by atoms with Gasteiger partial charge in [-0.3, -0.25) is 9.59 Å². The molecule has 7 nitrogen and oxygen atoms in total. The van der Waals surface area contributed by atoms with E-state index in [0.29, 0.717) is 44.1 Å². The number of hydrogen-bond acceptors (Lipinski definition) is 6. The van der Waals surface area contributed by atoms with Crippen LogP contribution < -0.4 is 4.74 Å². The maximum absolute atomic E-state index is 12.3. The molecule has 2 fully saturated rings. The molecule has 120 valence electrons. The fourth-order valence-corrected chi connectivity index (χ4v) is 3.08. The van der Waals surface area contributed by atoms with Crippen LogP contribution in [0.2, 0.25) is 0 Å². The molecule has 3 rings (SSSR count). The molecule has 0 aromatic carbocycles. The number of likely N-dealkylation sites (tertiary alicyclic amines) is 1. The van der Waals surface area contributed by atoms with Crippen molar-refractivity contribution in [3.8, 4) is 5.88 Å². The summed E-state index contributed by atoms with van der Waals surface area (Å²) in [7, 11) is 1.51. The van der Waals surface area contributed by atoms with E-state index in [1.165, 1.54) is 7.11 Å². The van der Waals surface area contributed by atoms with Crippen molar-refractivity contribution in [2.45, 2.75) is 37.7 Å². The Kier molecular flexibility index (Phi) is 4.15. The number of aromatic nitrogens is 1. The number of carbonyl (C=O) groups excluding carboxylic acids is 2. The van der Waals surface area contributed by atoms with E-state index in [4.69, 9.17) is 14.0 Å². The first-order valence-corrected chi connectivity index (χ1v) is 7.57. The summed E-state index contributed by atoms with van der Waals surface area (Å²) < 4.78 is 15.6. The lowest BCUT2D eigenvalue weighted by Crippen LogP contribution is -2.53. The second-order valence-corrected chi connectivity index (χ2v) is 5.77. The number of rotatable bonds is 4. The Balaban J connectivity index is 1.52. The monoisotopic (exact) mass is 308 g/mol. The molecular weight excluding hydrogens is 288 g/mol. The predicted octanol–water partition coefficient (Wildman–Crippen LogP) is 0.966. The van der Waals surface area contributed by atoms with Gasteiger partial charge >= 0.3 is 0 Å². The SMILES string of the molecule is COc1cc(CCC(=O)N2CC[C@]3(CCCO3)C(=O)C2)on1. The highest BCUT2D eigenvalue weighted by molar-refractivity contribution is 5.93. The highest BCUT2D eigenvalue weighted by Gasteiger charge is 2.46. The summed E-state index contributed by atoms with van der Waals surface area (Å²) in [6, 6.07) is 1.66. The van der Waals surface area contributed by atoms with Crippen LogP contribution in [0.15, 0.2) is 10.6 Å². The lowest BCUT2D eigenvalue weighted by atomic mass is 9.87. The van der Waals surface area contributed by atoms with E-state index in [0.717, 1.165) is 12.8 Å². The molecule has 0 unspecified atom stereocenters. The van der Waals surface area contributed by atoms with Crippen molar-refractivity contribution in [2.24, 2.45) is 0 Å². The zero-order chi connectivity index (χ0) is 15.6. The molecule has 22 heavy (non-hydrogen) atoms. The fourth-order valence-electron chi connectivity index (χ4n) is 3.08. The molecule has 7 heteroatoms. The first kappa shape index (κ1) is 15.0. The van der Waals surface area contributed by atoms with Crippen molar-refractivity contribution in [3.63, 3.8) is 0 Å². The van der Waals surface area contributed by atoms with Crippen molar-refractivity contribution >= 4 is 11.7 Å². The zero-order valence-electron chi connectivity index (χ0n) is 12.7. The van der Waals surface area contributed by atoms with Gasteiger partial charge in [-0.1, -0.05) is 0 Å². The molecule has 0 saturated carbocycles. The molecule has 1 spiro atoms. The van der Waals surface area contributed by atoms with E-state index in [9.17, 15) is 9.59 Å². The van der Waals surface area contributed by atoms with Gasteiger partial charge in [-0.05, 0) is 18.0 Å². The predicted molar refractivity (Wildman–Crippen MR) is 75.5 cm³/mol. The molecular formula is C15H20N2O5. The van der Waals surface area contributed by atoms with Crippen molar-refractivity contribution in [1.29, 1.82) is 0 Å². The lowest BCUT2D eigenvalue weighted by molar-refractivity contribution is -0.152. The van der Waals surface area contributed by atoms with Gasteiger partial charge in [0.25, 0.3) is 5.88 Å². The van der Waals surface area contributed by atoms with E-state index in [2.05, 4.69) is 5.16 Å². The number of methoxy groups -OCH3 is 1. The van der Waals surface area contributed by atoms with Crippen LogP contribution in [0.25, 0.3) is 0 Å². The number of nitrogens with zero attached hydrogens (tertiary/aromatic N) is 2. The molecule has 1 aromatic heterocycles. The fraction of sp³-hybridized carbons (Fsp3) is 0.667. The number of Topliss-reactive ketones (excluding diaryl/α,β-unsaturated/α-hetero) is 1. The van der Waals surface area contributed by atoms with Crippen LogP contribution in [0.5, 0.6) is 5.88 Å². The first-order valence-electron chi connectivity index (χ1n) is 7.57. The molecule has 1 amide bonds. The average molecular weight is 308 g/mol. The van der Waals surface area contributed by atoms with E-state index >= 15 is 0 Å². The number of ether oxygens (including phenoxy) is 2. The largest absolute Gasteiger partial charge is 0.479 e. The van der Waals surface area contributed by atoms with Crippen LogP contribution >= 0.6 is 0 Å². The van der Waals surface area contributed by atoms with Gasteiger partial charge < -0.3 is 18.9 Å². The number of amides is 1. The molecule has 0 aliphatic carbocycles. The van der Waals surface area contributed by atoms with E-state index in [1.807, 2.05) is 0 Å². The standard InChI is InChI=1S/C15H20N2O5/c1-20-13-9-11(22-16-13)3-4-14(19)17-7-6-15(12(18)10-17)5-2-8-21-15/h9H,2-8,10H2,1H3/t15-/m1/s1. The summed E-state index contributed by atoms with van der Waals surface area (Å²) in [6.07, 6.45) is 3.05. The van der Waals surface area contributed by atoms with Crippen molar-refractivity contribution in [2.75, 3.05) is 26.8 Å². The zero-order valence-corrected chi connectivity index (χ0v) is 12.7. The third kappa shape index (κ3) is 2.85. The third-order valence-corrected chi connectivity index (χ3v) is 4.42. The summed E-state index contributed by atoms with van der Waals surface area (Å²) >= 11 is 0. The molecule has 0 bridgehead atoms. The lowest BCUT2D eigenvalue weighted by Gasteiger charge is -2.37. The smallest absolute Gasteiger partial charge is 0.254 e. The topological polar surface area (TPSA) is 81.9 Å². The van der Waals surface area contributed by atoms with Crippen molar-refractivity contribution in [1.82, 2.24) is 10.1 Å². The highest BCUT2D eigenvalue weighted by Crippen LogP contribution is 2.33. The van der Waals surface area contributed by atoms with Crippen LogP contribution in [0, 0.1) is 0 Å². The molecule has 0 radical (unpaired) electrons. The van der Waals surface area contributed by atoms with Gasteiger partial charge in [0, 0.05) is 38.5 Å². The second-order valence-electron chi connectivity index (χ2n) is 5.77. The second kappa shape index (κ2) is 6.08. The van der Waals surface area contributed by atoms with Gasteiger partial charge in [0.05, 0.1) is 13.7 Å². The maximum Gasteiger partial charge on any atom is 0.254 e. The van der Waals surface area contributed by atoms with Gasteiger partial charge in [0.2, 0.25) is 5.91 Å². The summed E-state index contributed by atoms with van der Waals surface area (Å²) in [4.78, 5) is 26.1. The Labute approximate surface area is 128 Å². The van der Waals surface area contributed by atoms with E-state index in [1.54, 1.807) is 11.0 Å². The number of ketones is 1. The van der Waals surface area contributed by atoms with Gasteiger partial charge in [-0.25, -0.2) is 0 Å². The van der Waals surface area contributed by atoms with Gasteiger partial charge in [-0.2, -0.15) is 0 Å². The Morgan fingerprint density at radius 3 is 3.00 bits per heavy atom. The van der Waals surface area contributed by atoms with Gasteiger partial charge in [0.1, 0.15) is 11.4 Å². The van der Waals surface area contributed by atoms with Crippen LogP contribution in [-0.2, 0) is 20.7 Å². The van der Waals surface area contributed by atoms with Gasteiger partial charge in [0.15, 0.2) is 5.78 Å². The minimum absolute atomic E-state index is 0.0333. The van der Waals surface area contributed by atoms with Crippen LogP contribution in [0.3, 0.4) is 0 Å². The quantitative estimate of drug-likeness (QED) is 0.824. The number of hydrogen-bond donors (Lipinski definition) is 0. The number of aryl methyl sites for hydroxylation is 1. The first-order chi connectivity index (χ1) is 10.6. The van der Waals surface area contributed by atoms with E-state index < -0.39 is 5.60 Å². The summed E-state index contributed by atoms with van der Waals surface area (Å²) in [6.45, 7) is 1.37. The Morgan fingerprint density at radius 1 is 1.50 bits per heavy atom. The third-order valence-electron chi connectivity index (χ3n) is 4.42. The van der Waals surface area contributed by atoms with E-state index in [-0.39, 0.29) is 18.2 Å². The van der Waals surface area contributed by atoms with Crippen LogP contribution in [0.4, 0.5) is 0 Å². The molecule has 0 N–H and O–H groups in total. The maximum atomic E-state index is 12.3. The Hall–Kier alpha value is -1.89. The molecule has 2 aliphatic rings.